The zero-order valence-electron chi connectivity index (χ0n) is 34.9. The van der Waals surface area contributed by atoms with Crippen molar-refractivity contribution in [2.75, 3.05) is 26.4 Å². The second-order valence-corrected chi connectivity index (χ2v) is 19.9. The smallest absolute Gasteiger partial charge is 0.408 e. The van der Waals surface area contributed by atoms with Gasteiger partial charge in [0.1, 0.15) is 53.9 Å². The number of hydrogen-bond acceptors (Lipinski definition) is 10. The van der Waals surface area contributed by atoms with E-state index in [2.05, 4.69) is 10.3 Å². The summed E-state index contributed by atoms with van der Waals surface area (Å²) >= 11 is 0. The number of aromatic nitrogens is 1. The van der Waals surface area contributed by atoms with Crippen LogP contribution < -0.4 is 24.2 Å². The molecule has 1 aromatic heterocycles. The molecule has 2 aliphatic carbocycles. The number of pyridine rings is 1. The summed E-state index contributed by atoms with van der Waals surface area (Å²) in [6.07, 6.45) is 3.67. The topological polar surface area (TPSA) is 194 Å². The van der Waals surface area contributed by atoms with Crippen molar-refractivity contribution in [3.8, 4) is 17.4 Å². The summed E-state index contributed by atoms with van der Waals surface area (Å²) in [4.78, 5) is 63.4. The Labute approximate surface area is 352 Å². The van der Waals surface area contributed by atoms with Crippen molar-refractivity contribution in [3.05, 3.63) is 36.5 Å². The quantitative estimate of drug-likeness (QED) is 0.260. The molecule has 0 unspecified atom stereocenters. The normalized spacial score (nSPS) is 29.0. The number of carbonyl (C=O) groups excluding carboxylic acids is 3. The van der Waals surface area contributed by atoms with Gasteiger partial charge in [-0.2, -0.15) is 0 Å². The van der Waals surface area contributed by atoms with Crippen LogP contribution in [0.15, 0.2) is 36.5 Å². The van der Waals surface area contributed by atoms with Gasteiger partial charge in [0.2, 0.25) is 27.7 Å². The first kappa shape index (κ1) is 44.3. The van der Waals surface area contributed by atoms with Crippen molar-refractivity contribution in [1.82, 2.24) is 24.8 Å². The minimum atomic E-state index is -4.48. The Kier molecular flexibility index (Phi) is 11.7. The predicted octanol–water partition coefficient (Wildman–Crippen LogP) is 5.36. The molecule has 3 N–H and O–H groups in total. The van der Waals surface area contributed by atoms with E-state index < -0.39 is 92.3 Å². The summed E-state index contributed by atoms with van der Waals surface area (Å²) in [7, 11) is -4.48. The summed E-state index contributed by atoms with van der Waals surface area (Å²) in [5, 5.41) is 14.6. The number of amides is 4. The maximum atomic E-state index is 15.5. The standard InChI is InChI=1S/C42H54F3N5O10S/c1-6-25-19-24(2)9-7-8-10-26-21-42(26,37(53)48-61(56,57)41(23-43)14-15-41)47-34(51)30-20-27(22-49(30)36(52)32(25)50(38(54)55)39(3,4)40(5,44)45)60-35-29-11-12-31-33(59-18-17-58-31)28(29)13-16-46-35/h8,10-13,16,24-27,30,32H,6-7,9,14-15,17-23H2,1-5H3,(H,47,51)(H,48,53)(H,54,55)/t24-,25-,26-,27-,30+,32+,42-/m1/s1. The first-order valence-corrected chi connectivity index (χ1v) is 22.3. The van der Waals surface area contributed by atoms with E-state index in [1.807, 2.05) is 17.7 Å². The van der Waals surface area contributed by atoms with Crippen LogP contribution in [0.25, 0.3) is 10.8 Å². The maximum absolute atomic E-state index is 15.5. The van der Waals surface area contributed by atoms with Crippen LogP contribution in [-0.4, -0.2) is 118 Å². The van der Waals surface area contributed by atoms with Gasteiger partial charge in [0.25, 0.3) is 11.8 Å². The Hall–Kier alpha value is -4.81. The number of rotatable bonds is 10. The number of alkyl halides is 3. The van der Waals surface area contributed by atoms with Gasteiger partial charge in [-0.3, -0.25) is 24.0 Å². The highest BCUT2D eigenvalue weighted by atomic mass is 32.2. The van der Waals surface area contributed by atoms with E-state index in [0.29, 0.717) is 60.2 Å². The molecule has 3 fully saturated rings. The van der Waals surface area contributed by atoms with Crippen molar-refractivity contribution >= 4 is 44.6 Å². The van der Waals surface area contributed by atoms with Gasteiger partial charge < -0.3 is 29.5 Å². The fourth-order valence-corrected chi connectivity index (χ4v) is 10.4. The number of carbonyl (C=O) groups is 4. The number of halogens is 3. The van der Waals surface area contributed by atoms with Crippen molar-refractivity contribution in [2.45, 2.75) is 126 Å². The average Bonchev–Trinajstić information content (AvgIpc) is 4.11. The highest BCUT2D eigenvalue weighted by molar-refractivity contribution is 7.91. The summed E-state index contributed by atoms with van der Waals surface area (Å²) < 4.78 is 89.8. The lowest BCUT2D eigenvalue weighted by Crippen LogP contribution is -2.67. The van der Waals surface area contributed by atoms with E-state index >= 15 is 13.6 Å². The highest BCUT2D eigenvalue weighted by Crippen LogP contribution is 2.49. The van der Waals surface area contributed by atoms with Crippen molar-refractivity contribution in [1.29, 1.82) is 0 Å². The van der Waals surface area contributed by atoms with E-state index in [4.69, 9.17) is 14.2 Å². The second kappa shape index (κ2) is 16.1. The number of hydrogen-bond donors (Lipinski definition) is 3. The van der Waals surface area contributed by atoms with Gasteiger partial charge in [-0.05, 0) is 82.4 Å². The Morgan fingerprint density at radius 1 is 1.11 bits per heavy atom. The molecule has 15 nitrogen and oxygen atoms in total. The lowest BCUT2D eigenvalue weighted by atomic mass is 9.81. The lowest BCUT2D eigenvalue weighted by molar-refractivity contribution is -0.157. The molecule has 0 bridgehead atoms. The number of benzene rings is 1. The Morgan fingerprint density at radius 2 is 1.84 bits per heavy atom. The number of ether oxygens (including phenoxy) is 3. The molecule has 2 saturated carbocycles. The average molecular weight is 878 g/mol. The van der Waals surface area contributed by atoms with E-state index in [1.54, 1.807) is 31.2 Å². The van der Waals surface area contributed by atoms with Crippen molar-refractivity contribution in [2.24, 2.45) is 17.8 Å². The monoisotopic (exact) mass is 877 g/mol. The molecule has 0 radical (unpaired) electrons. The van der Waals surface area contributed by atoms with Gasteiger partial charge in [0.05, 0.1) is 6.54 Å². The first-order valence-electron chi connectivity index (χ1n) is 20.9. The SMILES string of the molecule is CC[C@@H]1C[C@H](C)CCC=C[C@@H]2C[C@@]2(C(=O)NS(=O)(=O)C2(CF)CC2)NC(=O)[C@@H]2C[C@@H](Oc3nccc4c5c(ccc34)OCCO5)CN2C(=O)[C@H]1N(C(=O)O)C(C)(C)C(C)(F)F. The molecule has 1 aromatic carbocycles. The number of carboxylic acid groups (broad SMARTS) is 1. The first-order chi connectivity index (χ1) is 28.7. The Bertz CT molecular complexity index is 2220. The second-order valence-electron chi connectivity index (χ2n) is 17.9. The number of allylic oxidation sites excluding steroid dienone is 1. The van der Waals surface area contributed by atoms with E-state index in [9.17, 15) is 32.3 Å². The number of fused-ring (bicyclic) bond motifs is 5. The van der Waals surface area contributed by atoms with Crippen LogP contribution in [0.4, 0.5) is 18.0 Å². The van der Waals surface area contributed by atoms with E-state index in [1.165, 1.54) is 6.20 Å². The molecule has 3 aliphatic heterocycles. The zero-order chi connectivity index (χ0) is 44.3. The number of sulfonamides is 1. The van der Waals surface area contributed by atoms with Gasteiger partial charge in [-0.25, -0.2) is 31.4 Å². The van der Waals surface area contributed by atoms with Crippen LogP contribution in [-0.2, 0) is 24.4 Å². The minimum Gasteiger partial charge on any atom is -0.486 e. The van der Waals surface area contributed by atoms with E-state index in [0.717, 1.165) is 18.7 Å². The molecule has 5 aliphatic rings. The summed E-state index contributed by atoms with van der Waals surface area (Å²) in [5.74, 6) is -6.90. The molecular formula is C42H54F3N5O10S. The molecule has 1 saturated heterocycles. The van der Waals surface area contributed by atoms with Gasteiger partial charge in [-0.1, -0.05) is 32.4 Å². The maximum Gasteiger partial charge on any atom is 0.408 e. The Morgan fingerprint density at radius 3 is 2.49 bits per heavy atom. The zero-order valence-corrected chi connectivity index (χ0v) is 35.7. The van der Waals surface area contributed by atoms with Gasteiger partial charge in [-0.15, -0.1) is 0 Å². The molecule has 61 heavy (non-hydrogen) atoms. The third kappa shape index (κ3) is 8.06. The minimum absolute atomic E-state index is 0.00149. The molecule has 7 atom stereocenters. The van der Waals surface area contributed by atoms with Crippen LogP contribution in [0.3, 0.4) is 0 Å². The fraction of sp³-hybridized carbons (Fsp3) is 0.643. The van der Waals surface area contributed by atoms with Crippen LogP contribution in [0, 0.1) is 17.8 Å². The predicted molar refractivity (Wildman–Crippen MR) is 216 cm³/mol. The van der Waals surface area contributed by atoms with Crippen LogP contribution in [0.2, 0.25) is 0 Å². The third-order valence-corrected chi connectivity index (χ3v) is 15.5. The fourth-order valence-electron chi connectivity index (χ4n) is 8.99. The van der Waals surface area contributed by atoms with Gasteiger partial charge in [0, 0.05) is 36.2 Å². The molecule has 334 valence electrons. The highest BCUT2D eigenvalue weighted by Gasteiger charge is 2.64. The molecule has 0 spiro atoms. The number of nitrogens with one attached hydrogen (secondary N) is 2. The molecule has 4 amide bonds. The summed E-state index contributed by atoms with van der Waals surface area (Å²) in [5.41, 5.74) is -4.20. The van der Waals surface area contributed by atoms with Crippen LogP contribution >= 0.6 is 0 Å². The van der Waals surface area contributed by atoms with Crippen LogP contribution in [0.5, 0.6) is 17.4 Å². The van der Waals surface area contributed by atoms with Crippen molar-refractivity contribution < 1.29 is 60.1 Å². The summed E-state index contributed by atoms with van der Waals surface area (Å²) in [6, 6.07) is 2.01. The van der Waals surface area contributed by atoms with Gasteiger partial charge >= 0.3 is 6.09 Å². The molecule has 2 aromatic rings. The lowest BCUT2D eigenvalue weighted by Gasteiger charge is -2.47. The van der Waals surface area contributed by atoms with Crippen LogP contribution in [0.1, 0.15) is 86.0 Å². The largest absolute Gasteiger partial charge is 0.486 e. The molecule has 19 heteroatoms. The molecule has 7 rings (SSSR count). The van der Waals surface area contributed by atoms with Crippen molar-refractivity contribution in [3.63, 3.8) is 0 Å². The third-order valence-electron chi connectivity index (χ3n) is 13.4. The molecular weight excluding hydrogens is 824 g/mol. The van der Waals surface area contributed by atoms with E-state index in [-0.39, 0.29) is 56.9 Å². The number of nitrogens with zero attached hydrogens (tertiary/aromatic N) is 3. The summed E-state index contributed by atoms with van der Waals surface area (Å²) in [6.45, 7) is 5.54. The van der Waals surface area contributed by atoms with Gasteiger partial charge in [0.15, 0.2) is 11.5 Å². The Balaban J connectivity index is 1.30. The molecule has 4 heterocycles.